The number of halogens is 2. The van der Waals surface area contributed by atoms with Gasteiger partial charge in [0.05, 0.1) is 11.6 Å². The van der Waals surface area contributed by atoms with Crippen molar-refractivity contribution in [1.29, 1.82) is 0 Å². The first-order valence-corrected chi connectivity index (χ1v) is 6.94. The Bertz CT molecular complexity index is 579. The average molecular weight is 342 g/mol. The fourth-order valence-corrected chi connectivity index (χ4v) is 2.55. The van der Waals surface area contributed by atoms with E-state index in [0.29, 0.717) is 6.61 Å². The zero-order valence-corrected chi connectivity index (χ0v) is 12.1. The van der Waals surface area contributed by atoms with E-state index in [1.54, 1.807) is 6.08 Å². The molecular formula is C14H10BrClO3. The highest BCUT2D eigenvalue weighted by Crippen LogP contribution is 2.38. The molecule has 19 heavy (non-hydrogen) atoms. The van der Waals surface area contributed by atoms with Crippen LogP contribution in [0.15, 0.2) is 52.0 Å². The monoisotopic (exact) mass is 340 g/mol. The minimum atomic E-state index is -1.01. The van der Waals surface area contributed by atoms with E-state index in [-0.39, 0.29) is 16.9 Å². The summed E-state index contributed by atoms with van der Waals surface area (Å²) in [6, 6.07) is 7.85. The summed E-state index contributed by atoms with van der Waals surface area (Å²) in [5, 5.41) is 0.124. The Morgan fingerprint density at radius 1 is 1.32 bits per heavy atom. The Labute approximate surface area is 124 Å². The zero-order chi connectivity index (χ0) is 13.5. The molecule has 3 rings (SSSR count). The van der Waals surface area contributed by atoms with Crippen LogP contribution < -0.4 is 0 Å². The third-order valence-corrected chi connectivity index (χ3v) is 3.88. The lowest BCUT2D eigenvalue weighted by Gasteiger charge is -2.23. The lowest BCUT2D eigenvalue weighted by atomic mass is 10.1. The van der Waals surface area contributed by atoms with Gasteiger partial charge in [-0.2, -0.15) is 0 Å². The van der Waals surface area contributed by atoms with Crippen molar-refractivity contribution < 1.29 is 14.3 Å². The van der Waals surface area contributed by atoms with Crippen LogP contribution in [0.3, 0.4) is 0 Å². The van der Waals surface area contributed by atoms with Crippen molar-refractivity contribution in [3.05, 3.63) is 57.6 Å². The molecule has 0 N–H and O–H groups in total. The van der Waals surface area contributed by atoms with Gasteiger partial charge in [-0.1, -0.05) is 39.7 Å². The molecule has 2 atom stereocenters. The summed E-state index contributed by atoms with van der Waals surface area (Å²) in [6.45, 7) is 0.417. The van der Waals surface area contributed by atoms with Gasteiger partial charge >= 0.3 is 0 Å². The maximum absolute atomic E-state index is 11.3. The second-order valence-electron chi connectivity index (χ2n) is 4.38. The first-order chi connectivity index (χ1) is 9.08. The predicted octanol–water partition coefficient (Wildman–Crippen LogP) is 3.49. The molecule has 1 saturated heterocycles. The van der Waals surface area contributed by atoms with E-state index in [1.165, 1.54) is 12.2 Å². The van der Waals surface area contributed by atoms with E-state index in [2.05, 4.69) is 15.9 Å². The standard InChI is InChI=1S/C14H10BrClO3/c15-10-3-1-9(2-4-10)13-8-18-14(19-13)6-5-12(17)11(16)7-14/h1-7,13H,8H2/t13-,14+/m1/s1. The summed E-state index contributed by atoms with van der Waals surface area (Å²) in [6.07, 6.45) is 4.31. The minimum Gasteiger partial charge on any atom is -0.340 e. The van der Waals surface area contributed by atoms with Gasteiger partial charge in [-0.15, -0.1) is 0 Å². The molecule has 1 fully saturated rings. The first kappa shape index (κ1) is 13.1. The van der Waals surface area contributed by atoms with Crippen LogP contribution in [0.25, 0.3) is 0 Å². The third kappa shape index (κ3) is 2.54. The van der Waals surface area contributed by atoms with Crippen LogP contribution in [0.4, 0.5) is 0 Å². The van der Waals surface area contributed by atoms with Gasteiger partial charge in [-0.05, 0) is 29.8 Å². The number of hydrogen-bond acceptors (Lipinski definition) is 3. The van der Waals surface area contributed by atoms with Crippen LogP contribution >= 0.6 is 27.5 Å². The summed E-state index contributed by atoms with van der Waals surface area (Å²) in [7, 11) is 0. The van der Waals surface area contributed by atoms with Crippen molar-refractivity contribution in [3.63, 3.8) is 0 Å². The highest BCUT2D eigenvalue weighted by molar-refractivity contribution is 9.10. The molecule has 1 heterocycles. The van der Waals surface area contributed by atoms with Crippen molar-refractivity contribution in [3.8, 4) is 0 Å². The molecule has 0 unspecified atom stereocenters. The van der Waals surface area contributed by atoms with Gasteiger partial charge in [0.1, 0.15) is 6.10 Å². The Morgan fingerprint density at radius 2 is 2.05 bits per heavy atom. The molecule has 1 aromatic carbocycles. The van der Waals surface area contributed by atoms with Gasteiger partial charge in [0.25, 0.3) is 0 Å². The normalized spacial score (nSPS) is 29.9. The maximum Gasteiger partial charge on any atom is 0.211 e. The summed E-state index contributed by atoms with van der Waals surface area (Å²) in [5.41, 5.74) is 1.02. The molecule has 5 heteroatoms. The number of benzene rings is 1. The average Bonchev–Trinajstić information content (AvgIpc) is 2.80. The number of ketones is 1. The second-order valence-corrected chi connectivity index (χ2v) is 5.70. The smallest absolute Gasteiger partial charge is 0.211 e. The topological polar surface area (TPSA) is 35.5 Å². The molecule has 2 aliphatic rings. The number of ether oxygens (including phenoxy) is 2. The van der Waals surface area contributed by atoms with Crippen molar-refractivity contribution in [1.82, 2.24) is 0 Å². The molecule has 1 aliphatic carbocycles. The molecule has 98 valence electrons. The molecule has 1 aromatic rings. The lowest BCUT2D eigenvalue weighted by molar-refractivity contribution is -0.114. The largest absolute Gasteiger partial charge is 0.340 e. The summed E-state index contributed by atoms with van der Waals surface area (Å²) < 4.78 is 12.6. The molecule has 0 bridgehead atoms. The fourth-order valence-electron chi connectivity index (χ4n) is 2.07. The summed E-state index contributed by atoms with van der Waals surface area (Å²) in [5.74, 6) is -1.24. The molecule has 3 nitrogen and oxygen atoms in total. The van der Waals surface area contributed by atoms with Crippen molar-refractivity contribution >= 4 is 33.3 Å². The summed E-state index contributed by atoms with van der Waals surface area (Å²) >= 11 is 9.24. The van der Waals surface area contributed by atoms with E-state index < -0.39 is 5.79 Å². The van der Waals surface area contributed by atoms with Gasteiger partial charge in [-0.25, -0.2) is 0 Å². The van der Waals surface area contributed by atoms with Crippen LogP contribution in [-0.4, -0.2) is 18.2 Å². The van der Waals surface area contributed by atoms with Gasteiger partial charge in [0, 0.05) is 10.5 Å². The number of carbonyl (C=O) groups excluding carboxylic acids is 1. The summed E-state index contributed by atoms with van der Waals surface area (Å²) in [4.78, 5) is 11.3. The predicted molar refractivity (Wildman–Crippen MR) is 74.7 cm³/mol. The number of hydrogen-bond donors (Lipinski definition) is 0. The Morgan fingerprint density at radius 3 is 2.74 bits per heavy atom. The molecule has 0 saturated carbocycles. The highest BCUT2D eigenvalue weighted by atomic mass is 79.9. The molecule has 0 radical (unpaired) electrons. The first-order valence-electron chi connectivity index (χ1n) is 5.77. The number of allylic oxidation sites excluding steroid dienone is 2. The van der Waals surface area contributed by atoms with Gasteiger partial charge < -0.3 is 9.47 Å². The van der Waals surface area contributed by atoms with Crippen LogP contribution in [-0.2, 0) is 14.3 Å². The third-order valence-electron chi connectivity index (χ3n) is 3.06. The quantitative estimate of drug-likeness (QED) is 0.784. The van der Waals surface area contributed by atoms with Crippen molar-refractivity contribution in [2.45, 2.75) is 11.9 Å². The highest BCUT2D eigenvalue weighted by Gasteiger charge is 2.40. The van der Waals surface area contributed by atoms with E-state index in [0.717, 1.165) is 10.0 Å². The van der Waals surface area contributed by atoms with E-state index in [1.807, 2.05) is 24.3 Å². The van der Waals surface area contributed by atoms with Gasteiger partial charge in [0.15, 0.2) is 5.78 Å². The van der Waals surface area contributed by atoms with Crippen LogP contribution in [0.1, 0.15) is 11.7 Å². The van der Waals surface area contributed by atoms with Crippen molar-refractivity contribution in [2.24, 2.45) is 0 Å². The molecule has 0 aromatic heterocycles. The van der Waals surface area contributed by atoms with E-state index >= 15 is 0 Å². The van der Waals surface area contributed by atoms with Crippen molar-refractivity contribution in [2.75, 3.05) is 6.61 Å². The second kappa shape index (κ2) is 4.87. The lowest BCUT2D eigenvalue weighted by Crippen LogP contribution is -2.28. The van der Waals surface area contributed by atoms with Crippen LogP contribution in [0.5, 0.6) is 0 Å². The maximum atomic E-state index is 11.3. The Kier molecular flexibility index (Phi) is 3.35. The molecule has 1 spiro atoms. The minimum absolute atomic E-state index is 0.124. The van der Waals surface area contributed by atoms with Gasteiger partial charge in [-0.3, -0.25) is 4.79 Å². The fraction of sp³-hybridized carbons (Fsp3) is 0.214. The number of carbonyl (C=O) groups is 1. The molecular weight excluding hydrogens is 332 g/mol. The SMILES string of the molecule is O=C1C=C[C@]2(C=C1Cl)OC[C@H](c1ccc(Br)cc1)O2. The zero-order valence-electron chi connectivity index (χ0n) is 9.81. The Hall–Kier alpha value is -0.940. The van der Waals surface area contributed by atoms with Crippen LogP contribution in [0, 0.1) is 0 Å². The Balaban J connectivity index is 1.83. The number of rotatable bonds is 1. The molecule has 1 aliphatic heterocycles. The van der Waals surface area contributed by atoms with E-state index in [9.17, 15) is 4.79 Å². The molecule has 0 amide bonds. The van der Waals surface area contributed by atoms with Gasteiger partial charge in [0.2, 0.25) is 5.79 Å². The van der Waals surface area contributed by atoms with E-state index in [4.69, 9.17) is 21.1 Å². The van der Waals surface area contributed by atoms with Crippen LogP contribution in [0.2, 0.25) is 0 Å².